The molecule has 2 amide bonds. The number of imidazole rings is 1. The lowest BCUT2D eigenvalue weighted by Gasteiger charge is -2.31. The summed E-state index contributed by atoms with van der Waals surface area (Å²) in [6.07, 6.45) is 6.46. The standard InChI is InChI=1S/C30H30N8O3/c1-36(2)16-22-18(17-4-9-27(39)37(3)15-17)6-8-25(35-22)34-21-7-5-19(20-12-32-29(40)28(20)21)24-13-31-26-14-33-30-23(38(24)26)10-11-41-30/h5-8,10-11,13-14,17H,4,9,12,15-16H2,1-3H3,(H,32,40)(H,34,35). The molecule has 11 nitrogen and oxygen atoms in total. The van der Waals surface area contributed by atoms with Crippen LogP contribution < -0.4 is 10.6 Å². The fourth-order valence-electron chi connectivity index (χ4n) is 6.05. The summed E-state index contributed by atoms with van der Waals surface area (Å²) in [5, 5.41) is 6.42. The average molecular weight is 551 g/mol. The molecule has 0 bridgehead atoms. The van der Waals surface area contributed by atoms with Gasteiger partial charge in [-0.25, -0.2) is 15.0 Å². The number of aromatic nitrogens is 4. The van der Waals surface area contributed by atoms with Crippen LogP contribution in [-0.4, -0.2) is 68.7 Å². The highest BCUT2D eigenvalue weighted by atomic mass is 16.3. The summed E-state index contributed by atoms with van der Waals surface area (Å²) >= 11 is 0. The number of likely N-dealkylation sites (N-methyl/N-ethyl adjacent to an activating group) is 1. The Hall–Kier alpha value is -4.77. The van der Waals surface area contributed by atoms with E-state index in [9.17, 15) is 9.59 Å². The van der Waals surface area contributed by atoms with Crippen LogP contribution in [0.2, 0.25) is 0 Å². The van der Waals surface area contributed by atoms with Crippen LogP contribution in [0.3, 0.4) is 0 Å². The molecule has 1 unspecified atom stereocenters. The molecule has 2 aliphatic heterocycles. The number of anilines is 2. The molecule has 41 heavy (non-hydrogen) atoms. The Kier molecular flexibility index (Phi) is 5.97. The number of furan rings is 1. The predicted molar refractivity (Wildman–Crippen MR) is 154 cm³/mol. The third-order valence-electron chi connectivity index (χ3n) is 8.00. The molecule has 2 aliphatic rings. The van der Waals surface area contributed by atoms with E-state index in [4.69, 9.17) is 9.40 Å². The maximum Gasteiger partial charge on any atom is 0.254 e. The summed E-state index contributed by atoms with van der Waals surface area (Å²) in [6, 6.07) is 9.88. The van der Waals surface area contributed by atoms with Gasteiger partial charge in [0.15, 0.2) is 5.65 Å². The molecule has 208 valence electrons. The van der Waals surface area contributed by atoms with E-state index in [0.29, 0.717) is 54.5 Å². The molecule has 7 rings (SSSR count). The third kappa shape index (κ3) is 4.29. The SMILES string of the molecule is CN(C)Cc1nc(Nc2ccc(-c3cnc4cnc5occc5n34)c3c2C(=O)NC3)ccc1C1CCC(=O)N(C)C1. The van der Waals surface area contributed by atoms with Crippen molar-refractivity contribution in [3.05, 3.63) is 71.4 Å². The van der Waals surface area contributed by atoms with Crippen molar-refractivity contribution in [3.8, 4) is 11.3 Å². The molecule has 1 fully saturated rings. The van der Waals surface area contributed by atoms with Crippen LogP contribution in [0, 0.1) is 0 Å². The van der Waals surface area contributed by atoms with Gasteiger partial charge in [0.1, 0.15) is 11.3 Å². The molecule has 1 saturated heterocycles. The zero-order valence-electron chi connectivity index (χ0n) is 23.1. The van der Waals surface area contributed by atoms with Crippen molar-refractivity contribution in [2.75, 3.05) is 33.0 Å². The molecule has 6 heterocycles. The largest absolute Gasteiger partial charge is 0.445 e. The van der Waals surface area contributed by atoms with Gasteiger partial charge in [-0.15, -0.1) is 0 Å². The number of benzene rings is 1. The molecular formula is C30H30N8O3. The van der Waals surface area contributed by atoms with E-state index in [1.807, 2.05) is 49.8 Å². The quantitative estimate of drug-likeness (QED) is 0.326. The summed E-state index contributed by atoms with van der Waals surface area (Å²) < 4.78 is 7.51. The van der Waals surface area contributed by atoms with E-state index in [1.54, 1.807) is 23.6 Å². The Morgan fingerprint density at radius 1 is 1.12 bits per heavy atom. The Morgan fingerprint density at radius 3 is 2.83 bits per heavy atom. The topological polar surface area (TPSA) is 121 Å². The van der Waals surface area contributed by atoms with Crippen LogP contribution in [0.25, 0.3) is 28.1 Å². The summed E-state index contributed by atoms with van der Waals surface area (Å²) in [6.45, 7) is 1.77. The first-order valence-electron chi connectivity index (χ1n) is 13.7. The maximum absolute atomic E-state index is 13.1. The van der Waals surface area contributed by atoms with Gasteiger partial charge in [-0.05, 0) is 43.8 Å². The molecule has 0 spiro atoms. The van der Waals surface area contributed by atoms with E-state index >= 15 is 0 Å². The highest BCUT2D eigenvalue weighted by Gasteiger charge is 2.29. The van der Waals surface area contributed by atoms with E-state index in [0.717, 1.165) is 40.0 Å². The summed E-state index contributed by atoms with van der Waals surface area (Å²) in [7, 11) is 5.90. The molecule has 0 saturated carbocycles. The number of carbonyl (C=O) groups excluding carboxylic acids is 2. The van der Waals surface area contributed by atoms with Gasteiger partial charge in [0.05, 0.1) is 41.3 Å². The zero-order chi connectivity index (χ0) is 28.2. The highest BCUT2D eigenvalue weighted by molar-refractivity contribution is 6.06. The Labute approximate surface area is 236 Å². The van der Waals surface area contributed by atoms with Crippen molar-refractivity contribution < 1.29 is 14.0 Å². The van der Waals surface area contributed by atoms with Crippen LogP contribution in [0.5, 0.6) is 0 Å². The fraction of sp³-hybridized carbons (Fsp3) is 0.300. The molecule has 4 aromatic heterocycles. The second kappa shape index (κ2) is 9.70. The lowest BCUT2D eigenvalue weighted by molar-refractivity contribution is -0.132. The van der Waals surface area contributed by atoms with Gasteiger partial charge in [0, 0.05) is 50.7 Å². The second-order valence-corrected chi connectivity index (χ2v) is 11.0. The van der Waals surface area contributed by atoms with Crippen molar-refractivity contribution in [2.24, 2.45) is 0 Å². The monoisotopic (exact) mass is 550 g/mol. The lowest BCUT2D eigenvalue weighted by Crippen LogP contribution is -2.36. The van der Waals surface area contributed by atoms with Crippen LogP contribution in [0.4, 0.5) is 11.5 Å². The van der Waals surface area contributed by atoms with Crippen molar-refractivity contribution >= 4 is 40.2 Å². The molecule has 2 N–H and O–H groups in total. The van der Waals surface area contributed by atoms with E-state index in [-0.39, 0.29) is 17.7 Å². The zero-order valence-corrected chi connectivity index (χ0v) is 23.1. The number of likely N-dealkylation sites (tertiary alicyclic amines) is 1. The van der Waals surface area contributed by atoms with E-state index in [2.05, 4.69) is 31.6 Å². The average Bonchev–Trinajstić information content (AvgIpc) is 3.69. The minimum absolute atomic E-state index is 0.131. The van der Waals surface area contributed by atoms with Crippen molar-refractivity contribution in [3.63, 3.8) is 0 Å². The fourth-order valence-corrected chi connectivity index (χ4v) is 6.05. The number of piperidine rings is 1. The molecule has 11 heteroatoms. The van der Waals surface area contributed by atoms with Crippen molar-refractivity contribution in [1.29, 1.82) is 0 Å². The summed E-state index contributed by atoms with van der Waals surface area (Å²) in [5.74, 6) is 0.965. The van der Waals surface area contributed by atoms with Crippen LogP contribution in [0.15, 0.2) is 53.4 Å². The number of rotatable bonds is 6. The predicted octanol–water partition coefficient (Wildman–Crippen LogP) is 3.92. The summed E-state index contributed by atoms with van der Waals surface area (Å²) in [5.41, 5.74) is 8.14. The van der Waals surface area contributed by atoms with Gasteiger partial charge in [-0.1, -0.05) is 12.1 Å². The number of nitrogens with zero attached hydrogens (tertiary/aromatic N) is 6. The molecular weight excluding hydrogens is 520 g/mol. The number of amides is 2. The number of pyridine rings is 1. The van der Waals surface area contributed by atoms with Gasteiger partial charge in [0.2, 0.25) is 11.6 Å². The first-order chi connectivity index (χ1) is 19.9. The Morgan fingerprint density at radius 2 is 2.00 bits per heavy atom. The van der Waals surface area contributed by atoms with Gasteiger partial charge >= 0.3 is 0 Å². The first-order valence-corrected chi connectivity index (χ1v) is 13.7. The highest BCUT2D eigenvalue weighted by Crippen LogP contribution is 2.37. The molecule has 0 radical (unpaired) electrons. The molecule has 1 atom stereocenters. The lowest BCUT2D eigenvalue weighted by atomic mass is 9.89. The minimum atomic E-state index is -0.131. The molecule has 0 aliphatic carbocycles. The maximum atomic E-state index is 13.1. The van der Waals surface area contributed by atoms with Gasteiger partial charge < -0.3 is 24.9 Å². The van der Waals surface area contributed by atoms with Crippen molar-refractivity contribution in [1.82, 2.24) is 34.5 Å². The van der Waals surface area contributed by atoms with Crippen LogP contribution >= 0.6 is 0 Å². The van der Waals surface area contributed by atoms with Gasteiger partial charge in [-0.2, -0.15) is 0 Å². The van der Waals surface area contributed by atoms with Crippen molar-refractivity contribution in [2.45, 2.75) is 31.8 Å². The Bertz CT molecular complexity index is 1840. The number of hydrogen-bond acceptors (Lipinski definition) is 8. The molecule has 1 aromatic carbocycles. The molecule has 5 aromatic rings. The van der Waals surface area contributed by atoms with E-state index < -0.39 is 0 Å². The third-order valence-corrected chi connectivity index (χ3v) is 8.00. The first kappa shape index (κ1) is 25.2. The van der Waals surface area contributed by atoms with E-state index in [1.165, 1.54) is 0 Å². The minimum Gasteiger partial charge on any atom is -0.445 e. The second-order valence-electron chi connectivity index (χ2n) is 11.0. The normalized spacial score (nSPS) is 17.1. The number of nitrogens with one attached hydrogen (secondary N) is 2. The van der Waals surface area contributed by atoms with Gasteiger partial charge in [-0.3, -0.25) is 14.0 Å². The summed E-state index contributed by atoms with van der Waals surface area (Å²) in [4.78, 5) is 43.0. The number of hydrogen-bond donors (Lipinski definition) is 2. The van der Waals surface area contributed by atoms with Crippen LogP contribution in [-0.2, 0) is 17.9 Å². The number of fused-ring (bicyclic) bond motifs is 4. The number of carbonyl (C=O) groups is 2. The smallest absolute Gasteiger partial charge is 0.254 e. The van der Waals surface area contributed by atoms with Crippen LogP contribution in [0.1, 0.15) is 45.9 Å². The Balaban J connectivity index is 1.26. The van der Waals surface area contributed by atoms with Gasteiger partial charge in [0.25, 0.3) is 5.91 Å².